The van der Waals surface area contributed by atoms with Gasteiger partial charge in [0, 0.05) is 18.8 Å². The summed E-state index contributed by atoms with van der Waals surface area (Å²) in [5, 5.41) is 0. The average molecular weight is 260 g/mol. The Hall–Kier alpha value is -2.30. The highest BCUT2D eigenvalue weighted by atomic mass is 16.5. The Morgan fingerprint density at radius 3 is 2.68 bits per heavy atom. The summed E-state index contributed by atoms with van der Waals surface area (Å²) in [7, 11) is 1.64. The molecule has 1 aromatic carbocycles. The molecule has 0 saturated heterocycles. The number of ether oxygens (including phenoxy) is 1. The molecule has 0 bridgehead atoms. The third-order valence-electron chi connectivity index (χ3n) is 3.00. The molecule has 1 aromatic heterocycles. The Kier molecular flexibility index (Phi) is 3.85. The molecule has 1 heterocycles. The van der Waals surface area contributed by atoms with Crippen molar-refractivity contribution in [1.82, 2.24) is 9.55 Å². The van der Waals surface area contributed by atoms with Crippen molar-refractivity contribution in [2.24, 2.45) is 0 Å². The number of aromatic amines is 1. The van der Waals surface area contributed by atoms with Crippen molar-refractivity contribution in [3.8, 4) is 5.75 Å². The highest BCUT2D eigenvalue weighted by Crippen LogP contribution is 2.18. The first-order chi connectivity index (χ1) is 9.10. The number of aryl methyl sites for hydroxylation is 3. The van der Waals surface area contributed by atoms with Crippen LogP contribution in [0, 0.1) is 6.92 Å². The van der Waals surface area contributed by atoms with Crippen molar-refractivity contribution in [3.63, 3.8) is 0 Å². The molecule has 0 fully saturated rings. The van der Waals surface area contributed by atoms with Gasteiger partial charge in [0.25, 0.3) is 5.56 Å². The third kappa shape index (κ3) is 3.13. The molecule has 0 saturated carbocycles. The molecule has 2 aromatic rings. The molecule has 100 valence electrons. The van der Waals surface area contributed by atoms with Gasteiger partial charge in [0.15, 0.2) is 0 Å². The molecule has 5 nitrogen and oxygen atoms in total. The van der Waals surface area contributed by atoms with E-state index in [0.29, 0.717) is 6.54 Å². The molecule has 2 rings (SSSR count). The quantitative estimate of drug-likeness (QED) is 0.895. The SMILES string of the molecule is COc1ccc(CCn2ccc(=O)[nH]c2=O)cc1C. The van der Waals surface area contributed by atoms with E-state index in [4.69, 9.17) is 4.74 Å². The topological polar surface area (TPSA) is 64.1 Å². The van der Waals surface area contributed by atoms with Crippen LogP contribution in [0.15, 0.2) is 40.1 Å². The lowest BCUT2D eigenvalue weighted by atomic mass is 10.1. The summed E-state index contributed by atoms with van der Waals surface area (Å²) >= 11 is 0. The van der Waals surface area contributed by atoms with Crippen LogP contribution in [0.1, 0.15) is 11.1 Å². The second-order valence-electron chi connectivity index (χ2n) is 4.36. The lowest BCUT2D eigenvalue weighted by Gasteiger charge is -2.08. The highest BCUT2D eigenvalue weighted by molar-refractivity contribution is 5.36. The number of rotatable bonds is 4. The Balaban J connectivity index is 2.12. The zero-order valence-corrected chi connectivity index (χ0v) is 11.0. The fourth-order valence-electron chi connectivity index (χ4n) is 1.97. The zero-order valence-electron chi connectivity index (χ0n) is 11.0. The summed E-state index contributed by atoms with van der Waals surface area (Å²) in [6, 6.07) is 7.28. The maximum Gasteiger partial charge on any atom is 0.328 e. The second-order valence-corrected chi connectivity index (χ2v) is 4.36. The Labute approximate surface area is 110 Å². The summed E-state index contributed by atoms with van der Waals surface area (Å²) in [5.41, 5.74) is 1.43. The maximum absolute atomic E-state index is 11.5. The summed E-state index contributed by atoms with van der Waals surface area (Å²) < 4.78 is 6.69. The van der Waals surface area contributed by atoms with Crippen LogP contribution in [-0.4, -0.2) is 16.7 Å². The van der Waals surface area contributed by atoms with E-state index in [2.05, 4.69) is 4.98 Å². The largest absolute Gasteiger partial charge is 0.496 e. The first-order valence-corrected chi connectivity index (χ1v) is 6.03. The fraction of sp³-hybridized carbons (Fsp3) is 0.286. The van der Waals surface area contributed by atoms with Crippen LogP contribution in [0.3, 0.4) is 0 Å². The molecular weight excluding hydrogens is 244 g/mol. The minimum Gasteiger partial charge on any atom is -0.496 e. The van der Waals surface area contributed by atoms with Gasteiger partial charge < -0.3 is 9.30 Å². The lowest BCUT2D eigenvalue weighted by molar-refractivity contribution is 0.411. The molecule has 0 aliphatic heterocycles. The van der Waals surface area contributed by atoms with Crippen LogP contribution in [0.4, 0.5) is 0 Å². The lowest BCUT2D eigenvalue weighted by Crippen LogP contribution is -2.29. The van der Waals surface area contributed by atoms with Crippen LogP contribution < -0.4 is 16.0 Å². The number of nitrogens with one attached hydrogen (secondary N) is 1. The minimum absolute atomic E-state index is 0.374. The van der Waals surface area contributed by atoms with E-state index in [9.17, 15) is 9.59 Å². The number of methoxy groups -OCH3 is 1. The van der Waals surface area contributed by atoms with Crippen molar-refractivity contribution < 1.29 is 4.74 Å². The molecule has 0 spiro atoms. The molecule has 0 aliphatic carbocycles. The summed E-state index contributed by atoms with van der Waals surface area (Å²) in [6.07, 6.45) is 2.23. The summed E-state index contributed by atoms with van der Waals surface area (Å²) in [5.74, 6) is 0.852. The number of hydrogen-bond donors (Lipinski definition) is 1. The molecule has 0 aliphatic rings. The number of hydrogen-bond acceptors (Lipinski definition) is 3. The van der Waals surface area contributed by atoms with Gasteiger partial charge in [-0.15, -0.1) is 0 Å². The van der Waals surface area contributed by atoms with Gasteiger partial charge in [-0.05, 0) is 30.5 Å². The molecule has 0 atom stereocenters. The number of nitrogens with zero attached hydrogens (tertiary/aromatic N) is 1. The number of benzene rings is 1. The van der Waals surface area contributed by atoms with Gasteiger partial charge in [0.05, 0.1) is 7.11 Å². The van der Waals surface area contributed by atoms with Crippen LogP contribution in [0.5, 0.6) is 5.75 Å². The molecule has 19 heavy (non-hydrogen) atoms. The first-order valence-electron chi connectivity index (χ1n) is 6.03. The van der Waals surface area contributed by atoms with Gasteiger partial charge in [-0.3, -0.25) is 9.78 Å². The number of aromatic nitrogens is 2. The van der Waals surface area contributed by atoms with Crippen molar-refractivity contribution in [2.45, 2.75) is 19.9 Å². The average Bonchev–Trinajstić information content (AvgIpc) is 2.38. The van der Waals surface area contributed by atoms with Gasteiger partial charge >= 0.3 is 5.69 Å². The monoisotopic (exact) mass is 260 g/mol. The van der Waals surface area contributed by atoms with Crippen molar-refractivity contribution in [2.75, 3.05) is 7.11 Å². The van der Waals surface area contributed by atoms with E-state index in [-0.39, 0.29) is 11.2 Å². The van der Waals surface area contributed by atoms with Crippen LogP contribution in [0.25, 0.3) is 0 Å². The van der Waals surface area contributed by atoms with Crippen LogP contribution in [0.2, 0.25) is 0 Å². The third-order valence-corrected chi connectivity index (χ3v) is 3.00. The van der Waals surface area contributed by atoms with Gasteiger partial charge in [-0.25, -0.2) is 4.79 Å². The van der Waals surface area contributed by atoms with E-state index in [0.717, 1.165) is 23.3 Å². The zero-order chi connectivity index (χ0) is 13.8. The highest BCUT2D eigenvalue weighted by Gasteiger charge is 2.01. The molecule has 0 amide bonds. The molecule has 0 unspecified atom stereocenters. The normalized spacial score (nSPS) is 10.4. The Morgan fingerprint density at radius 1 is 1.26 bits per heavy atom. The minimum atomic E-state index is -0.377. The number of H-pyrrole nitrogens is 1. The fourth-order valence-corrected chi connectivity index (χ4v) is 1.97. The standard InChI is InChI=1S/C14H16N2O3/c1-10-9-11(3-4-12(10)19-2)5-7-16-8-6-13(17)15-14(16)18/h3-4,6,8-9H,5,7H2,1-2H3,(H,15,17,18). The van der Waals surface area contributed by atoms with Crippen molar-refractivity contribution >= 4 is 0 Å². The summed E-state index contributed by atoms with van der Waals surface area (Å²) in [6.45, 7) is 2.51. The molecule has 5 heteroatoms. The van der Waals surface area contributed by atoms with Gasteiger partial charge in [0.1, 0.15) is 5.75 Å². The van der Waals surface area contributed by atoms with Gasteiger partial charge in [-0.2, -0.15) is 0 Å². The predicted octanol–water partition coefficient (Wildman–Crippen LogP) is 1.10. The van der Waals surface area contributed by atoms with Gasteiger partial charge in [-0.1, -0.05) is 12.1 Å². The first kappa shape index (κ1) is 13.1. The Morgan fingerprint density at radius 2 is 2.05 bits per heavy atom. The van der Waals surface area contributed by atoms with Gasteiger partial charge in [0.2, 0.25) is 0 Å². The van der Waals surface area contributed by atoms with Crippen molar-refractivity contribution in [1.29, 1.82) is 0 Å². The smallest absolute Gasteiger partial charge is 0.328 e. The Bertz CT molecular complexity index is 686. The molecular formula is C14H16N2O3. The summed E-state index contributed by atoms with van der Waals surface area (Å²) in [4.78, 5) is 24.7. The predicted molar refractivity (Wildman–Crippen MR) is 72.8 cm³/mol. The van der Waals surface area contributed by atoms with E-state index >= 15 is 0 Å². The van der Waals surface area contributed by atoms with Crippen LogP contribution >= 0.6 is 0 Å². The molecule has 0 radical (unpaired) electrons. The van der Waals surface area contributed by atoms with E-state index in [1.807, 2.05) is 25.1 Å². The van der Waals surface area contributed by atoms with E-state index in [1.165, 1.54) is 16.8 Å². The van der Waals surface area contributed by atoms with Crippen molar-refractivity contribution in [3.05, 3.63) is 62.4 Å². The maximum atomic E-state index is 11.5. The molecule has 1 N–H and O–H groups in total. The van der Waals surface area contributed by atoms with E-state index in [1.54, 1.807) is 7.11 Å². The van der Waals surface area contributed by atoms with Crippen LogP contribution in [-0.2, 0) is 13.0 Å². The van der Waals surface area contributed by atoms with E-state index < -0.39 is 0 Å². The second kappa shape index (κ2) is 5.56.